The number of quaternary nitrogens is 1. The molecule has 1 saturated heterocycles. The number of halogens is 1. The lowest BCUT2D eigenvalue weighted by Gasteiger charge is -2.33. The molecule has 0 radical (unpaired) electrons. The van der Waals surface area contributed by atoms with Gasteiger partial charge in [0.25, 0.3) is 5.69 Å². The summed E-state index contributed by atoms with van der Waals surface area (Å²) in [5.74, 6) is -0.219. The third-order valence-corrected chi connectivity index (χ3v) is 4.24. The van der Waals surface area contributed by atoms with Crippen molar-refractivity contribution < 1.29 is 14.2 Å². The summed E-state index contributed by atoms with van der Waals surface area (Å²) in [6.45, 7) is 4.50. The minimum atomic E-state index is -0.356. The SMILES string of the molecule is O=[N+]([O-])c1cccc(C[NH+]2CCN(c3ccc(F)cc3)CC2)c1. The number of nitrogens with one attached hydrogen (secondary N) is 1. The van der Waals surface area contributed by atoms with Gasteiger partial charge in [-0.3, -0.25) is 10.1 Å². The average Bonchev–Trinajstić information content (AvgIpc) is 2.57. The van der Waals surface area contributed by atoms with Gasteiger partial charge in [-0.1, -0.05) is 12.1 Å². The maximum absolute atomic E-state index is 13.0. The lowest BCUT2D eigenvalue weighted by Crippen LogP contribution is -3.13. The number of piperazine rings is 1. The standard InChI is InChI=1S/C17H18FN3O2/c18-15-4-6-16(7-5-15)20-10-8-19(9-11-20)13-14-2-1-3-17(12-14)21(22)23/h1-7,12H,8-11,13H2/p+1. The molecule has 0 atom stereocenters. The number of non-ortho nitro benzene ring substituents is 1. The molecule has 1 heterocycles. The molecule has 6 heteroatoms. The van der Waals surface area contributed by atoms with Crippen LogP contribution in [0.15, 0.2) is 48.5 Å². The zero-order valence-corrected chi connectivity index (χ0v) is 12.7. The van der Waals surface area contributed by atoms with E-state index >= 15 is 0 Å². The topological polar surface area (TPSA) is 50.8 Å². The highest BCUT2D eigenvalue weighted by Gasteiger charge is 2.21. The Kier molecular flexibility index (Phi) is 4.52. The van der Waals surface area contributed by atoms with Crippen molar-refractivity contribution in [3.05, 3.63) is 70.0 Å². The molecule has 0 spiro atoms. The second-order valence-electron chi connectivity index (χ2n) is 5.82. The minimum absolute atomic E-state index is 0.145. The third-order valence-electron chi connectivity index (χ3n) is 4.24. The van der Waals surface area contributed by atoms with Crippen LogP contribution in [0.1, 0.15) is 5.56 Å². The largest absolute Gasteiger partial charge is 0.360 e. The van der Waals surface area contributed by atoms with Gasteiger partial charge in [0.15, 0.2) is 0 Å². The molecule has 1 aliphatic heterocycles. The summed E-state index contributed by atoms with van der Waals surface area (Å²) in [5.41, 5.74) is 2.18. The van der Waals surface area contributed by atoms with Crippen LogP contribution in [0, 0.1) is 15.9 Å². The van der Waals surface area contributed by atoms with Crippen molar-refractivity contribution in [3.8, 4) is 0 Å². The zero-order chi connectivity index (χ0) is 16.2. The van der Waals surface area contributed by atoms with E-state index in [2.05, 4.69) is 4.90 Å². The number of hydrogen-bond acceptors (Lipinski definition) is 3. The smallest absolute Gasteiger partial charge is 0.269 e. The fourth-order valence-corrected chi connectivity index (χ4v) is 2.98. The van der Waals surface area contributed by atoms with Crippen LogP contribution in [0.3, 0.4) is 0 Å². The number of nitro benzene ring substituents is 1. The molecule has 5 nitrogen and oxygen atoms in total. The lowest BCUT2D eigenvalue weighted by atomic mass is 10.1. The van der Waals surface area contributed by atoms with Gasteiger partial charge in [-0.2, -0.15) is 0 Å². The fourth-order valence-electron chi connectivity index (χ4n) is 2.98. The van der Waals surface area contributed by atoms with E-state index in [1.54, 1.807) is 24.3 Å². The molecular weight excluding hydrogens is 297 g/mol. The van der Waals surface area contributed by atoms with Crippen LogP contribution in [0.2, 0.25) is 0 Å². The van der Waals surface area contributed by atoms with E-state index in [1.807, 2.05) is 6.07 Å². The van der Waals surface area contributed by atoms with E-state index in [9.17, 15) is 14.5 Å². The molecule has 0 bridgehead atoms. The summed E-state index contributed by atoms with van der Waals surface area (Å²) in [6.07, 6.45) is 0. The summed E-state index contributed by atoms with van der Waals surface area (Å²) in [6, 6.07) is 13.4. The van der Waals surface area contributed by atoms with E-state index in [-0.39, 0.29) is 16.4 Å². The highest BCUT2D eigenvalue weighted by atomic mass is 19.1. The summed E-state index contributed by atoms with van der Waals surface area (Å²) < 4.78 is 13.0. The summed E-state index contributed by atoms with van der Waals surface area (Å²) in [4.78, 5) is 14.1. The molecule has 0 saturated carbocycles. The van der Waals surface area contributed by atoms with Gasteiger partial charge in [-0.05, 0) is 24.3 Å². The van der Waals surface area contributed by atoms with E-state index in [0.29, 0.717) is 0 Å². The van der Waals surface area contributed by atoms with Crippen molar-refractivity contribution in [2.75, 3.05) is 31.1 Å². The Morgan fingerprint density at radius 3 is 2.48 bits per heavy atom. The van der Waals surface area contributed by atoms with Crippen LogP contribution in [0.25, 0.3) is 0 Å². The van der Waals surface area contributed by atoms with Crippen molar-refractivity contribution in [2.45, 2.75) is 6.54 Å². The molecule has 0 amide bonds. The fraction of sp³-hybridized carbons (Fsp3) is 0.294. The summed E-state index contributed by atoms with van der Waals surface area (Å²) in [7, 11) is 0. The Hall–Kier alpha value is -2.47. The second-order valence-corrected chi connectivity index (χ2v) is 5.82. The number of rotatable bonds is 4. The van der Waals surface area contributed by atoms with Crippen LogP contribution in [0.5, 0.6) is 0 Å². The molecule has 23 heavy (non-hydrogen) atoms. The van der Waals surface area contributed by atoms with Gasteiger partial charge in [0, 0.05) is 23.4 Å². The average molecular weight is 316 g/mol. The van der Waals surface area contributed by atoms with Gasteiger partial charge in [0.05, 0.1) is 31.1 Å². The van der Waals surface area contributed by atoms with Crippen LogP contribution < -0.4 is 9.80 Å². The predicted octanol–water partition coefficient (Wildman–Crippen LogP) is 1.64. The summed E-state index contributed by atoms with van der Waals surface area (Å²) in [5, 5.41) is 10.8. The molecule has 2 aromatic carbocycles. The first-order chi connectivity index (χ1) is 11.1. The van der Waals surface area contributed by atoms with E-state index in [1.165, 1.54) is 23.1 Å². The number of hydrogen-bond donors (Lipinski definition) is 1. The van der Waals surface area contributed by atoms with Crippen molar-refractivity contribution >= 4 is 11.4 Å². The second kappa shape index (κ2) is 6.75. The van der Waals surface area contributed by atoms with E-state index < -0.39 is 0 Å². The Labute approximate surface area is 134 Å². The van der Waals surface area contributed by atoms with E-state index in [0.717, 1.165) is 44.0 Å². The first-order valence-corrected chi connectivity index (χ1v) is 7.69. The molecule has 0 unspecified atom stereocenters. The Balaban J connectivity index is 1.58. The normalized spacial score (nSPS) is 15.6. The van der Waals surface area contributed by atoms with Crippen molar-refractivity contribution in [3.63, 3.8) is 0 Å². The van der Waals surface area contributed by atoms with Crippen LogP contribution in [-0.4, -0.2) is 31.1 Å². The molecule has 2 aromatic rings. The Bertz CT molecular complexity index is 682. The van der Waals surface area contributed by atoms with Crippen LogP contribution >= 0.6 is 0 Å². The molecule has 1 fully saturated rings. The van der Waals surface area contributed by atoms with Crippen LogP contribution in [0.4, 0.5) is 15.8 Å². The van der Waals surface area contributed by atoms with Gasteiger partial charge in [0.2, 0.25) is 0 Å². The molecular formula is C17H19FN3O2+. The molecule has 3 rings (SSSR count). The number of nitrogens with zero attached hydrogens (tertiary/aromatic N) is 2. The first kappa shape index (κ1) is 15.4. The predicted molar refractivity (Wildman–Crippen MR) is 86.1 cm³/mol. The highest BCUT2D eigenvalue weighted by Crippen LogP contribution is 2.15. The molecule has 120 valence electrons. The van der Waals surface area contributed by atoms with Gasteiger partial charge >= 0.3 is 0 Å². The number of anilines is 1. The quantitative estimate of drug-likeness (QED) is 0.689. The maximum atomic E-state index is 13.0. The molecule has 1 N–H and O–H groups in total. The van der Waals surface area contributed by atoms with Gasteiger partial charge in [-0.25, -0.2) is 4.39 Å². The minimum Gasteiger partial charge on any atom is -0.360 e. The third kappa shape index (κ3) is 3.84. The highest BCUT2D eigenvalue weighted by molar-refractivity contribution is 5.46. The first-order valence-electron chi connectivity index (χ1n) is 7.69. The summed E-state index contributed by atoms with van der Waals surface area (Å²) >= 11 is 0. The van der Waals surface area contributed by atoms with Crippen molar-refractivity contribution in [2.24, 2.45) is 0 Å². The van der Waals surface area contributed by atoms with Gasteiger partial charge in [0.1, 0.15) is 12.4 Å². The van der Waals surface area contributed by atoms with Gasteiger partial charge in [-0.15, -0.1) is 0 Å². The van der Waals surface area contributed by atoms with E-state index in [4.69, 9.17) is 0 Å². The molecule has 0 aromatic heterocycles. The Morgan fingerprint density at radius 1 is 1.13 bits per heavy atom. The number of nitro groups is 1. The molecule has 0 aliphatic carbocycles. The van der Waals surface area contributed by atoms with Crippen molar-refractivity contribution in [1.82, 2.24) is 0 Å². The van der Waals surface area contributed by atoms with Crippen LogP contribution in [-0.2, 0) is 6.54 Å². The van der Waals surface area contributed by atoms with Gasteiger partial charge < -0.3 is 9.80 Å². The monoisotopic (exact) mass is 316 g/mol. The number of benzene rings is 2. The molecule has 1 aliphatic rings. The Morgan fingerprint density at radius 2 is 1.83 bits per heavy atom. The van der Waals surface area contributed by atoms with Crippen molar-refractivity contribution in [1.29, 1.82) is 0 Å². The zero-order valence-electron chi connectivity index (χ0n) is 12.7. The maximum Gasteiger partial charge on any atom is 0.269 e. The lowest BCUT2D eigenvalue weighted by molar-refractivity contribution is -0.914.